The van der Waals surface area contributed by atoms with Crippen molar-refractivity contribution in [2.75, 3.05) is 24.5 Å². The van der Waals surface area contributed by atoms with Crippen LogP contribution in [0.3, 0.4) is 0 Å². The zero-order valence-corrected chi connectivity index (χ0v) is 18.7. The van der Waals surface area contributed by atoms with Gasteiger partial charge < -0.3 is 4.90 Å². The van der Waals surface area contributed by atoms with Gasteiger partial charge in [0.15, 0.2) is 5.69 Å². The van der Waals surface area contributed by atoms with Crippen molar-refractivity contribution in [2.45, 2.75) is 38.5 Å². The molecule has 0 N–H and O–H groups in total. The van der Waals surface area contributed by atoms with Crippen LogP contribution in [0.2, 0.25) is 0 Å². The van der Waals surface area contributed by atoms with Gasteiger partial charge in [0, 0.05) is 48.6 Å². The van der Waals surface area contributed by atoms with Gasteiger partial charge in [0.2, 0.25) is 5.91 Å². The lowest BCUT2D eigenvalue weighted by atomic mass is 10.0. The summed E-state index contributed by atoms with van der Waals surface area (Å²) in [6.07, 6.45) is 2.73. The second-order valence-electron chi connectivity index (χ2n) is 8.28. The molecule has 2 aliphatic rings. The normalized spacial score (nSPS) is 18.2. The van der Waals surface area contributed by atoms with E-state index in [9.17, 15) is 9.59 Å². The molecule has 3 aromatic rings. The number of aromatic nitrogens is 4. The lowest BCUT2D eigenvalue weighted by Crippen LogP contribution is -2.38. The van der Waals surface area contributed by atoms with E-state index in [1.165, 1.54) is 17.1 Å². The third-order valence-electron chi connectivity index (χ3n) is 6.24. The number of carbonyl (C=O) groups excluding carboxylic acids is 2. The molecule has 1 saturated heterocycles. The molecule has 164 valence electrons. The van der Waals surface area contributed by atoms with Crippen LogP contribution in [0.4, 0.5) is 5.82 Å². The zero-order valence-electron chi connectivity index (χ0n) is 17.9. The fraction of sp³-hybridized carbons (Fsp3) is 0.391. The molecular weight excluding hydrogens is 424 g/mol. The highest BCUT2D eigenvalue weighted by atomic mass is 32.1. The molecule has 1 aromatic carbocycles. The van der Waals surface area contributed by atoms with Gasteiger partial charge in [0.05, 0.1) is 0 Å². The highest BCUT2D eigenvalue weighted by molar-refractivity contribution is 7.03. The van der Waals surface area contributed by atoms with E-state index < -0.39 is 0 Å². The molecular formula is C23H24N6O2S. The van der Waals surface area contributed by atoms with E-state index in [0.717, 1.165) is 29.9 Å². The Balaban J connectivity index is 1.37. The Morgan fingerprint density at radius 3 is 2.81 bits per heavy atom. The lowest BCUT2D eigenvalue weighted by molar-refractivity contribution is -0.118. The van der Waals surface area contributed by atoms with E-state index in [2.05, 4.69) is 21.7 Å². The van der Waals surface area contributed by atoms with Crippen LogP contribution in [0, 0.1) is 6.92 Å². The lowest BCUT2D eigenvalue weighted by Gasteiger charge is -2.30. The van der Waals surface area contributed by atoms with Crippen LogP contribution in [0.25, 0.3) is 0 Å². The Morgan fingerprint density at radius 2 is 2.03 bits per heavy atom. The first kappa shape index (κ1) is 20.7. The summed E-state index contributed by atoms with van der Waals surface area (Å²) < 4.78 is 3.79. The third kappa shape index (κ3) is 4.00. The first-order chi connectivity index (χ1) is 15.6. The van der Waals surface area contributed by atoms with Gasteiger partial charge in [0.1, 0.15) is 11.6 Å². The summed E-state index contributed by atoms with van der Waals surface area (Å²) in [5, 5.41) is 5.57. The summed E-state index contributed by atoms with van der Waals surface area (Å²) >= 11 is 1.17. The second kappa shape index (κ2) is 8.74. The highest BCUT2D eigenvalue weighted by Crippen LogP contribution is 2.32. The number of nitrogens with zero attached hydrogens (tertiary/aromatic N) is 6. The van der Waals surface area contributed by atoms with Crippen LogP contribution in [0.1, 0.15) is 51.9 Å². The van der Waals surface area contributed by atoms with Crippen LogP contribution in [0.5, 0.6) is 0 Å². The highest BCUT2D eigenvalue weighted by Gasteiger charge is 2.33. The van der Waals surface area contributed by atoms with E-state index in [4.69, 9.17) is 9.97 Å². The Morgan fingerprint density at radius 1 is 1.19 bits per heavy atom. The van der Waals surface area contributed by atoms with Gasteiger partial charge in [0.25, 0.3) is 5.91 Å². The first-order valence-corrected chi connectivity index (χ1v) is 11.7. The Bertz CT molecular complexity index is 1130. The molecule has 4 heterocycles. The summed E-state index contributed by atoms with van der Waals surface area (Å²) in [6, 6.07) is 10.2. The quantitative estimate of drug-likeness (QED) is 0.596. The number of likely N-dealkylation sites (tertiary alicyclic amines) is 1. The molecule has 0 saturated carbocycles. The van der Waals surface area contributed by atoms with Crippen molar-refractivity contribution in [3.05, 3.63) is 64.1 Å². The van der Waals surface area contributed by atoms with E-state index in [-0.39, 0.29) is 17.7 Å². The van der Waals surface area contributed by atoms with Crippen LogP contribution >= 0.6 is 11.5 Å². The Kier molecular flexibility index (Phi) is 5.65. The number of fused-ring (bicyclic) bond motifs is 1. The number of rotatable bonds is 5. The summed E-state index contributed by atoms with van der Waals surface area (Å²) in [5.41, 5.74) is 3.56. The van der Waals surface area contributed by atoms with Crippen LogP contribution in [0.15, 0.2) is 35.7 Å². The number of carbonyl (C=O) groups is 2. The molecule has 1 fully saturated rings. The average molecular weight is 449 g/mol. The number of anilines is 1. The number of hydrogen-bond acceptors (Lipinski definition) is 7. The number of amides is 2. The Hall–Kier alpha value is -3.20. The maximum absolute atomic E-state index is 12.8. The molecule has 32 heavy (non-hydrogen) atoms. The van der Waals surface area contributed by atoms with Gasteiger partial charge in [-0.1, -0.05) is 34.8 Å². The van der Waals surface area contributed by atoms with Crippen molar-refractivity contribution >= 4 is 29.2 Å². The van der Waals surface area contributed by atoms with Crippen LogP contribution < -0.4 is 4.90 Å². The number of aryl methyl sites for hydroxylation is 1. The van der Waals surface area contributed by atoms with Gasteiger partial charge in [-0.15, -0.1) is 5.10 Å². The van der Waals surface area contributed by atoms with Gasteiger partial charge in [-0.25, -0.2) is 9.97 Å². The summed E-state index contributed by atoms with van der Waals surface area (Å²) in [4.78, 5) is 38.7. The smallest absolute Gasteiger partial charge is 0.275 e. The standard InChI is InChI=1S/C23H24N6O2S/c1-15-18-7-8-20(30)29(12-9-16-5-3-2-4-6-16)22(18)25-21(24-15)17-10-11-28(13-17)23(31)19-14-32-27-26-19/h2-6,14,17H,7-13H2,1H3/t17-/m0/s1. The van der Waals surface area contributed by atoms with Gasteiger partial charge in [-0.2, -0.15) is 0 Å². The molecule has 5 rings (SSSR count). The van der Waals surface area contributed by atoms with Crippen molar-refractivity contribution in [1.82, 2.24) is 24.5 Å². The SMILES string of the molecule is Cc1nc([C@H]2CCN(C(=O)c3csnn3)C2)nc2c1CCC(=O)N2CCc1ccccc1. The predicted octanol–water partition coefficient (Wildman–Crippen LogP) is 2.79. The third-order valence-corrected chi connectivity index (χ3v) is 6.75. The molecule has 2 aliphatic heterocycles. The minimum absolute atomic E-state index is 0.0440. The summed E-state index contributed by atoms with van der Waals surface area (Å²) in [6.45, 7) is 3.77. The van der Waals surface area contributed by atoms with Crippen LogP contribution in [-0.2, 0) is 17.6 Å². The Labute approximate surface area is 190 Å². The maximum Gasteiger partial charge on any atom is 0.275 e. The predicted molar refractivity (Wildman–Crippen MR) is 121 cm³/mol. The van der Waals surface area contributed by atoms with Crippen molar-refractivity contribution in [3.63, 3.8) is 0 Å². The number of benzene rings is 1. The minimum Gasteiger partial charge on any atom is -0.336 e. The van der Waals surface area contributed by atoms with Crippen LogP contribution in [-0.4, -0.2) is 55.9 Å². The van der Waals surface area contributed by atoms with E-state index in [0.29, 0.717) is 44.0 Å². The van der Waals surface area contributed by atoms with E-state index in [1.54, 1.807) is 10.3 Å². The van der Waals surface area contributed by atoms with Gasteiger partial charge in [-0.05, 0) is 43.3 Å². The zero-order chi connectivity index (χ0) is 22.1. The molecule has 0 aliphatic carbocycles. The molecule has 1 atom stereocenters. The molecule has 0 bridgehead atoms. The maximum atomic E-state index is 12.8. The fourth-order valence-electron chi connectivity index (χ4n) is 4.48. The largest absolute Gasteiger partial charge is 0.336 e. The number of hydrogen-bond donors (Lipinski definition) is 0. The minimum atomic E-state index is -0.101. The molecule has 0 unspecified atom stereocenters. The molecule has 0 radical (unpaired) electrons. The molecule has 0 spiro atoms. The molecule has 9 heteroatoms. The van der Waals surface area contributed by atoms with Crippen molar-refractivity contribution in [3.8, 4) is 0 Å². The first-order valence-electron chi connectivity index (χ1n) is 10.9. The topological polar surface area (TPSA) is 92.2 Å². The van der Waals surface area contributed by atoms with E-state index in [1.807, 2.05) is 30.0 Å². The van der Waals surface area contributed by atoms with Crippen molar-refractivity contribution < 1.29 is 9.59 Å². The summed E-state index contributed by atoms with van der Waals surface area (Å²) in [5.74, 6) is 1.51. The van der Waals surface area contributed by atoms with Crippen molar-refractivity contribution in [1.29, 1.82) is 0 Å². The van der Waals surface area contributed by atoms with E-state index >= 15 is 0 Å². The average Bonchev–Trinajstić information content (AvgIpc) is 3.51. The van der Waals surface area contributed by atoms with Crippen molar-refractivity contribution in [2.24, 2.45) is 0 Å². The molecule has 8 nitrogen and oxygen atoms in total. The molecule has 2 amide bonds. The van der Waals surface area contributed by atoms with Gasteiger partial charge >= 0.3 is 0 Å². The second-order valence-corrected chi connectivity index (χ2v) is 8.89. The fourth-order valence-corrected chi connectivity index (χ4v) is 4.91. The van der Waals surface area contributed by atoms with Gasteiger partial charge in [-0.3, -0.25) is 14.5 Å². The molecule has 2 aromatic heterocycles. The summed E-state index contributed by atoms with van der Waals surface area (Å²) in [7, 11) is 0. The monoisotopic (exact) mass is 448 g/mol.